The molecule has 5 nitrogen and oxygen atoms in total. The van der Waals surface area contributed by atoms with E-state index in [0.717, 1.165) is 28.0 Å². The maximum Gasteiger partial charge on any atom is 0.416 e. The predicted molar refractivity (Wildman–Crippen MR) is 127 cm³/mol. The van der Waals surface area contributed by atoms with Crippen LogP contribution in [-0.2, 0) is 17.4 Å². The summed E-state index contributed by atoms with van der Waals surface area (Å²) in [5, 5.41) is 1.96. The normalized spacial score (nSPS) is 14.7. The number of aryl methyl sites for hydroxylation is 1. The molecule has 1 aliphatic heterocycles. The number of nitrogens with zero attached hydrogens (tertiary/aromatic N) is 4. The molecule has 0 spiro atoms. The van der Waals surface area contributed by atoms with Crippen LogP contribution in [0.25, 0.3) is 16.2 Å². The lowest BCUT2D eigenvalue weighted by molar-refractivity contribution is -0.137. The van der Waals surface area contributed by atoms with Crippen LogP contribution in [0, 0.1) is 6.92 Å². The van der Waals surface area contributed by atoms with E-state index < -0.39 is 11.7 Å². The highest BCUT2D eigenvalue weighted by Crippen LogP contribution is 2.32. The van der Waals surface area contributed by atoms with Crippen LogP contribution in [0.1, 0.15) is 16.8 Å². The number of carbonyl (C=O) groups is 1. The molecule has 0 N–H and O–H groups in total. The highest BCUT2D eigenvalue weighted by atomic mass is 32.1. The number of anilines is 1. The maximum absolute atomic E-state index is 13.0. The minimum Gasteiger partial charge on any atom is -0.368 e. The number of carbonyl (C=O) groups excluding carboxylic acids is 1. The van der Waals surface area contributed by atoms with Gasteiger partial charge >= 0.3 is 6.18 Å². The minimum absolute atomic E-state index is 0.00831. The molecule has 0 saturated carbocycles. The third-order valence-corrected chi connectivity index (χ3v) is 7.02. The van der Waals surface area contributed by atoms with Gasteiger partial charge in [0.15, 0.2) is 4.96 Å². The SMILES string of the molecule is Cc1ccc(-c2cn3c(CC(=O)N4CCN(c5cccc(C(F)(F)F)c5)CC4)csc3n2)cc1. The van der Waals surface area contributed by atoms with Crippen molar-refractivity contribution < 1.29 is 18.0 Å². The van der Waals surface area contributed by atoms with Crippen molar-refractivity contribution in [1.29, 1.82) is 0 Å². The summed E-state index contributed by atoms with van der Waals surface area (Å²) in [7, 11) is 0. The average molecular weight is 485 g/mol. The van der Waals surface area contributed by atoms with Crippen molar-refractivity contribution >= 4 is 27.9 Å². The highest BCUT2D eigenvalue weighted by molar-refractivity contribution is 7.15. The first-order valence-electron chi connectivity index (χ1n) is 11.0. The summed E-state index contributed by atoms with van der Waals surface area (Å²) in [5.41, 5.74) is 3.85. The lowest BCUT2D eigenvalue weighted by Gasteiger charge is -2.36. The molecule has 176 valence electrons. The van der Waals surface area contributed by atoms with Gasteiger partial charge in [0.2, 0.25) is 5.91 Å². The van der Waals surface area contributed by atoms with E-state index in [0.29, 0.717) is 31.9 Å². The van der Waals surface area contributed by atoms with Gasteiger partial charge in [-0.1, -0.05) is 35.9 Å². The van der Waals surface area contributed by atoms with E-state index in [1.807, 2.05) is 52.1 Å². The van der Waals surface area contributed by atoms with Gasteiger partial charge in [-0.25, -0.2) is 4.98 Å². The van der Waals surface area contributed by atoms with Gasteiger partial charge in [-0.05, 0) is 25.1 Å². The predicted octanol–water partition coefficient (Wildman–Crippen LogP) is 5.28. The fourth-order valence-corrected chi connectivity index (χ4v) is 5.05. The number of hydrogen-bond acceptors (Lipinski definition) is 4. The van der Waals surface area contributed by atoms with Crippen molar-refractivity contribution in [1.82, 2.24) is 14.3 Å². The molecule has 9 heteroatoms. The topological polar surface area (TPSA) is 40.9 Å². The number of alkyl halides is 3. The summed E-state index contributed by atoms with van der Waals surface area (Å²) in [5.74, 6) is 0.00831. The minimum atomic E-state index is -4.37. The smallest absolute Gasteiger partial charge is 0.368 e. The first-order valence-corrected chi connectivity index (χ1v) is 11.9. The summed E-state index contributed by atoms with van der Waals surface area (Å²) in [6, 6.07) is 13.5. The van der Waals surface area contributed by atoms with Crippen molar-refractivity contribution in [2.45, 2.75) is 19.5 Å². The van der Waals surface area contributed by atoms with Gasteiger partial charge in [0.1, 0.15) is 0 Å². The molecular formula is C25H23F3N4OS. The molecule has 5 rings (SSSR count). The molecular weight excluding hydrogens is 461 g/mol. The molecule has 0 atom stereocenters. The molecule has 3 heterocycles. The number of imidazole rings is 1. The molecule has 0 bridgehead atoms. The van der Waals surface area contributed by atoms with Gasteiger partial charge in [0, 0.05) is 54.7 Å². The van der Waals surface area contributed by atoms with Crippen LogP contribution < -0.4 is 4.90 Å². The first kappa shape index (κ1) is 22.5. The van der Waals surface area contributed by atoms with Crippen LogP contribution >= 0.6 is 11.3 Å². The summed E-state index contributed by atoms with van der Waals surface area (Å²) >= 11 is 1.50. The Hall–Kier alpha value is -3.33. The number of piperazine rings is 1. The Morgan fingerprint density at radius 2 is 1.79 bits per heavy atom. The molecule has 1 fully saturated rings. The van der Waals surface area contributed by atoms with Crippen molar-refractivity contribution in [3.63, 3.8) is 0 Å². The summed E-state index contributed by atoms with van der Waals surface area (Å²) < 4.78 is 41.1. The van der Waals surface area contributed by atoms with E-state index in [9.17, 15) is 18.0 Å². The van der Waals surface area contributed by atoms with E-state index in [1.54, 1.807) is 11.0 Å². The fourth-order valence-electron chi connectivity index (χ4n) is 4.18. The lowest BCUT2D eigenvalue weighted by atomic mass is 10.1. The molecule has 1 saturated heterocycles. The molecule has 2 aromatic carbocycles. The van der Waals surface area contributed by atoms with E-state index in [1.165, 1.54) is 29.0 Å². The number of hydrogen-bond donors (Lipinski definition) is 0. The molecule has 4 aromatic rings. The molecule has 1 amide bonds. The molecule has 34 heavy (non-hydrogen) atoms. The number of rotatable bonds is 4. The molecule has 2 aromatic heterocycles. The standard InChI is InChI=1S/C25H23F3N4OS/c1-17-5-7-18(8-6-17)22-15-32-21(16-34-24(32)29-22)14-23(33)31-11-9-30(10-12-31)20-4-2-3-19(13-20)25(26,27)28/h2-8,13,15-16H,9-12,14H2,1H3. The van der Waals surface area contributed by atoms with Gasteiger partial charge in [-0.2, -0.15) is 13.2 Å². The zero-order chi connectivity index (χ0) is 23.9. The van der Waals surface area contributed by atoms with E-state index in [-0.39, 0.29) is 12.3 Å². The van der Waals surface area contributed by atoms with Gasteiger partial charge < -0.3 is 9.80 Å². The van der Waals surface area contributed by atoms with Crippen molar-refractivity contribution in [2.24, 2.45) is 0 Å². The summed E-state index contributed by atoms with van der Waals surface area (Å²) in [4.78, 5) is 22.2. The van der Waals surface area contributed by atoms with Gasteiger partial charge in [0.05, 0.1) is 17.7 Å². The number of fused-ring (bicyclic) bond motifs is 1. The Kier molecular flexibility index (Phi) is 5.81. The Morgan fingerprint density at radius 1 is 1.06 bits per heavy atom. The summed E-state index contributed by atoms with van der Waals surface area (Å²) in [6.45, 7) is 3.98. The molecule has 1 aliphatic rings. The van der Waals surface area contributed by atoms with Crippen molar-refractivity contribution in [2.75, 3.05) is 31.1 Å². The van der Waals surface area contributed by atoms with Crippen LogP contribution in [0.4, 0.5) is 18.9 Å². The largest absolute Gasteiger partial charge is 0.416 e. The van der Waals surface area contributed by atoms with E-state index in [4.69, 9.17) is 4.98 Å². The number of halogens is 3. The maximum atomic E-state index is 13.0. The second-order valence-electron chi connectivity index (χ2n) is 8.46. The average Bonchev–Trinajstić information content (AvgIpc) is 3.41. The second-order valence-corrected chi connectivity index (χ2v) is 9.30. The fraction of sp³-hybridized carbons (Fsp3) is 0.280. The second kappa shape index (κ2) is 8.79. The Balaban J connectivity index is 1.24. The van der Waals surface area contributed by atoms with Crippen LogP contribution in [0.3, 0.4) is 0 Å². The first-order chi connectivity index (χ1) is 16.3. The number of aromatic nitrogens is 2. The van der Waals surface area contributed by atoms with E-state index in [2.05, 4.69) is 0 Å². The lowest BCUT2D eigenvalue weighted by Crippen LogP contribution is -2.49. The Morgan fingerprint density at radius 3 is 2.50 bits per heavy atom. The molecule has 0 unspecified atom stereocenters. The highest BCUT2D eigenvalue weighted by Gasteiger charge is 2.31. The molecule has 0 aliphatic carbocycles. The van der Waals surface area contributed by atoms with Crippen molar-refractivity contribution in [3.8, 4) is 11.3 Å². The molecule has 0 radical (unpaired) electrons. The van der Waals surface area contributed by atoms with E-state index >= 15 is 0 Å². The van der Waals surface area contributed by atoms with Crippen molar-refractivity contribution in [3.05, 3.63) is 76.9 Å². The Labute approximate surface area is 199 Å². The monoisotopic (exact) mass is 484 g/mol. The third kappa shape index (κ3) is 4.52. The van der Waals surface area contributed by atoms with Gasteiger partial charge in [0.25, 0.3) is 0 Å². The number of benzene rings is 2. The van der Waals surface area contributed by atoms with Gasteiger partial charge in [-0.3, -0.25) is 9.20 Å². The zero-order valence-electron chi connectivity index (χ0n) is 18.5. The van der Waals surface area contributed by atoms with Crippen LogP contribution in [0.2, 0.25) is 0 Å². The van der Waals surface area contributed by atoms with Crippen LogP contribution in [-0.4, -0.2) is 46.4 Å². The zero-order valence-corrected chi connectivity index (χ0v) is 19.4. The number of amides is 1. The third-order valence-electron chi connectivity index (χ3n) is 6.13. The summed E-state index contributed by atoms with van der Waals surface area (Å²) in [6.07, 6.45) is -2.15. The van der Waals surface area contributed by atoms with Crippen LogP contribution in [0.5, 0.6) is 0 Å². The number of thiazole rings is 1. The van der Waals surface area contributed by atoms with Crippen LogP contribution in [0.15, 0.2) is 60.1 Å². The van der Waals surface area contributed by atoms with Gasteiger partial charge in [-0.15, -0.1) is 11.3 Å². The quantitative estimate of drug-likeness (QED) is 0.396. The Bertz CT molecular complexity index is 1320.